The summed E-state index contributed by atoms with van der Waals surface area (Å²) in [4.78, 5) is 28.6. The molecule has 3 aliphatic heterocycles. The van der Waals surface area contributed by atoms with E-state index in [0.29, 0.717) is 61.7 Å². The van der Waals surface area contributed by atoms with Gasteiger partial charge in [0.25, 0.3) is 31.9 Å². The lowest BCUT2D eigenvalue weighted by atomic mass is 9.99. The van der Waals surface area contributed by atoms with Gasteiger partial charge in [0, 0.05) is 82.3 Å². The first kappa shape index (κ1) is 52.4. The fraction of sp³-hybridized carbons (Fsp3) is 0.532. The van der Waals surface area contributed by atoms with Gasteiger partial charge in [-0.2, -0.15) is 8.61 Å². The third kappa shape index (κ3) is 15.3. The summed E-state index contributed by atoms with van der Waals surface area (Å²) >= 11 is 14.1. The Balaban J connectivity index is 0.000000218. The van der Waals surface area contributed by atoms with Gasteiger partial charge < -0.3 is 26.2 Å². The van der Waals surface area contributed by atoms with Gasteiger partial charge in [-0.05, 0) is 130 Å². The van der Waals surface area contributed by atoms with Crippen molar-refractivity contribution in [2.75, 3.05) is 58.9 Å². The molecule has 2 aromatic heterocycles. The highest BCUT2D eigenvalue weighted by Gasteiger charge is 2.35. The number of nitrogens with zero attached hydrogens (tertiary/aromatic N) is 3. The fourth-order valence-electron chi connectivity index (χ4n) is 8.29. The van der Waals surface area contributed by atoms with E-state index in [9.17, 15) is 26.4 Å². The minimum Gasteiger partial charge on any atom is -0.347 e. The van der Waals surface area contributed by atoms with Crippen molar-refractivity contribution in [1.29, 1.82) is 0 Å². The summed E-state index contributed by atoms with van der Waals surface area (Å²) in [6.45, 7) is 12.3. The zero-order valence-electron chi connectivity index (χ0n) is 38.0. The number of carbonyl (C=O) groups is 2. The number of nitrogens with one attached hydrogen (secondary N) is 4. The molecule has 0 aliphatic carbocycles. The smallest absolute Gasteiger partial charge is 0.252 e. The van der Waals surface area contributed by atoms with Gasteiger partial charge in [-0.15, -0.1) is 22.7 Å². The minimum absolute atomic E-state index is 0.197. The van der Waals surface area contributed by atoms with Crippen LogP contribution in [0.15, 0.2) is 81.2 Å². The molecule has 2 amide bonds. The molecule has 66 heavy (non-hydrogen) atoms. The Morgan fingerprint density at radius 2 is 1.15 bits per heavy atom. The van der Waals surface area contributed by atoms with Crippen molar-refractivity contribution in [3.8, 4) is 0 Å². The molecule has 0 radical (unpaired) electrons. The fourth-order valence-corrected chi connectivity index (χ4v) is 14.4. The largest absolute Gasteiger partial charge is 0.347 e. The van der Waals surface area contributed by atoms with Crippen LogP contribution in [-0.2, 0) is 33.1 Å². The van der Waals surface area contributed by atoms with Gasteiger partial charge in [0.15, 0.2) is 0 Å². The zero-order valence-corrected chi connectivity index (χ0v) is 42.8. The van der Waals surface area contributed by atoms with Crippen LogP contribution in [0.4, 0.5) is 0 Å². The van der Waals surface area contributed by atoms with E-state index in [1.54, 1.807) is 81.4 Å². The Labute approximate surface area is 410 Å². The molecule has 19 heteroatoms. The van der Waals surface area contributed by atoms with E-state index in [2.05, 4.69) is 40.0 Å². The van der Waals surface area contributed by atoms with Crippen molar-refractivity contribution in [3.63, 3.8) is 0 Å². The molecule has 13 nitrogen and oxygen atoms in total. The quantitative estimate of drug-likeness (QED) is 0.0648. The highest BCUT2D eigenvalue weighted by Crippen LogP contribution is 2.29. The van der Waals surface area contributed by atoms with Crippen LogP contribution in [0.5, 0.6) is 0 Å². The number of likely N-dealkylation sites (tertiary alicyclic amines) is 1. The number of halogens is 2. The second-order valence-electron chi connectivity index (χ2n) is 17.2. The maximum Gasteiger partial charge on any atom is 0.252 e. The molecule has 0 saturated carbocycles. The van der Waals surface area contributed by atoms with Gasteiger partial charge in [-0.3, -0.25) is 9.59 Å². The number of amides is 2. The lowest BCUT2D eigenvalue weighted by Gasteiger charge is -2.27. The van der Waals surface area contributed by atoms with Crippen molar-refractivity contribution in [2.24, 2.45) is 5.92 Å². The number of carbonyl (C=O) groups excluding carboxylic acids is 2. The van der Waals surface area contributed by atoms with Gasteiger partial charge in [-0.1, -0.05) is 62.7 Å². The van der Waals surface area contributed by atoms with Crippen molar-refractivity contribution in [2.45, 2.75) is 105 Å². The number of hydrogen-bond donors (Lipinski definition) is 4. The van der Waals surface area contributed by atoms with E-state index in [1.165, 1.54) is 74.3 Å². The third-order valence-electron chi connectivity index (χ3n) is 12.4. The van der Waals surface area contributed by atoms with Crippen molar-refractivity contribution in [3.05, 3.63) is 104 Å². The van der Waals surface area contributed by atoms with Gasteiger partial charge in [0.2, 0.25) is 0 Å². The van der Waals surface area contributed by atoms with Crippen LogP contribution in [-0.4, -0.2) is 113 Å². The lowest BCUT2D eigenvalue weighted by Crippen LogP contribution is -2.40. The monoisotopic (exact) mass is 1020 g/mol. The first-order valence-electron chi connectivity index (χ1n) is 23.2. The topological polar surface area (TPSA) is 160 Å². The zero-order chi connectivity index (χ0) is 47.1. The lowest BCUT2D eigenvalue weighted by molar-refractivity contribution is 0.0943. The summed E-state index contributed by atoms with van der Waals surface area (Å²) in [5.74, 6) is 0.211. The summed E-state index contributed by atoms with van der Waals surface area (Å²) < 4.78 is 56.3. The predicted octanol–water partition coefficient (Wildman–Crippen LogP) is 8.07. The van der Waals surface area contributed by atoms with E-state index < -0.39 is 20.0 Å². The summed E-state index contributed by atoms with van der Waals surface area (Å²) in [6, 6.07) is 20.5. The molecule has 3 fully saturated rings. The minimum atomic E-state index is -3.52. The van der Waals surface area contributed by atoms with E-state index in [1.807, 2.05) is 0 Å². The molecule has 3 atom stereocenters. The van der Waals surface area contributed by atoms with Crippen molar-refractivity contribution >= 4 is 77.7 Å². The Bertz CT molecular complexity index is 2380. The number of sulfonamides is 2. The maximum atomic E-state index is 13.1. The Morgan fingerprint density at radius 3 is 1.62 bits per heavy atom. The van der Waals surface area contributed by atoms with Gasteiger partial charge in [0.1, 0.15) is 8.42 Å². The van der Waals surface area contributed by atoms with Gasteiger partial charge >= 0.3 is 0 Å². The van der Waals surface area contributed by atoms with Crippen LogP contribution in [0.25, 0.3) is 0 Å². The molecular formula is C47H65Cl2N7O6S4. The van der Waals surface area contributed by atoms with Crippen LogP contribution in [0, 0.1) is 5.92 Å². The first-order valence-corrected chi connectivity index (χ1v) is 28.5. The number of piperidine rings is 1. The normalized spacial score (nSPS) is 19.0. The van der Waals surface area contributed by atoms with Crippen LogP contribution in [0.3, 0.4) is 0 Å². The van der Waals surface area contributed by atoms with E-state index in [-0.39, 0.29) is 37.0 Å². The molecule has 3 saturated heterocycles. The number of thiophene rings is 2. The average molecular weight is 1020 g/mol. The van der Waals surface area contributed by atoms with Crippen LogP contribution >= 0.6 is 45.9 Å². The van der Waals surface area contributed by atoms with E-state index in [4.69, 9.17) is 23.2 Å². The molecule has 0 bridgehead atoms. The summed E-state index contributed by atoms with van der Waals surface area (Å²) in [6.07, 6.45) is 10.4. The molecule has 4 N–H and O–H groups in total. The van der Waals surface area contributed by atoms with E-state index in [0.717, 1.165) is 48.7 Å². The predicted molar refractivity (Wildman–Crippen MR) is 268 cm³/mol. The molecule has 5 heterocycles. The SMILES string of the molecule is CCCCC(CC)CNC1CCN(S(=O)(=O)c2ccc(CNC(=O)c3ccc(Cl)cc3)s2)C1.O=C(NCc1ccc(S(=O)(=O)N2CCC(NCCN3CCCCC3)C2)s1)c1ccc(Cl)cc1. The standard InChI is InChI=1S/C24H34ClN3O3S2.C23H31ClN4O3S2/c1-3-5-6-18(4-2)15-26-21-13-14-28(17-21)33(30,31)23-12-11-22(32-23)16-27-24(29)19-7-9-20(25)10-8-19;24-19-6-4-18(5-7-19)23(29)26-16-21-8-9-22(32-21)33(30,31)28-14-10-20(17-28)25-11-15-27-12-2-1-3-13-27/h7-12,18,21,26H,3-6,13-17H2,1-2H3,(H,27,29);4-9,20,25H,1-3,10-17H2,(H,26,29). The molecule has 7 rings (SSSR count). The number of rotatable bonds is 21. The molecule has 2 aromatic carbocycles. The summed E-state index contributed by atoms with van der Waals surface area (Å²) in [7, 11) is -7.04. The molecule has 3 unspecified atom stereocenters. The summed E-state index contributed by atoms with van der Waals surface area (Å²) in [5.41, 5.74) is 1.03. The number of unbranched alkanes of at least 4 members (excludes halogenated alkanes) is 1. The van der Waals surface area contributed by atoms with Crippen molar-refractivity contribution < 1.29 is 26.4 Å². The number of hydrogen-bond acceptors (Lipinski definition) is 11. The van der Waals surface area contributed by atoms with Crippen LogP contribution in [0.2, 0.25) is 10.0 Å². The van der Waals surface area contributed by atoms with Gasteiger partial charge in [0.05, 0.1) is 13.1 Å². The van der Waals surface area contributed by atoms with E-state index >= 15 is 0 Å². The second kappa shape index (κ2) is 25.6. The molecule has 4 aromatic rings. The second-order valence-corrected chi connectivity index (χ2v) is 24.7. The van der Waals surface area contributed by atoms with Crippen LogP contribution in [0.1, 0.15) is 102 Å². The van der Waals surface area contributed by atoms with Crippen LogP contribution < -0.4 is 21.3 Å². The molecular weight excluding hydrogens is 958 g/mol. The maximum absolute atomic E-state index is 13.1. The summed E-state index contributed by atoms with van der Waals surface area (Å²) in [5, 5.41) is 13.9. The highest BCUT2D eigenvalue weighted by atomic mass is 35.5. The molecule has 362 valence electrons. The van der Waals surface area contributed by atoms with Crippen molar-refractivity contribution in [1.82, 2.24) is 34.8 Å². The van der Waals surface area contributed by atoms with Gasteiger partial charge in [-0.25, -0.2) is 16.8 Å². The first-order chi connectivity index (χ1) is 31.7. The number of benzene rings is 2. The Hall–Kier alpha value is -2.94. The average Bonchev–Trinajstić information content (AvgIpc) is 4.17. The Morgan fingerprint density at radius 1 is 0.667 bits per heavy atom. The highest BCUT2D eigenvalue weighted by molar-refractivity contribution is 7.91. The third-order valence-corrected chi connectivity index (χ3v) is 19.7. The Kier molecular flexibility index (Phi) is 20.3. The molecule has 0 spiro atoms. The molecule has 3 aliphatic rings.